The molecule has 6 nitrogen and oxygen atoms in total. The molecule has 160 valence electrons. The molecule has 1 aliphatic rings. The second-order valence-corrected chi connectivity index (χ2v) is 7.27. The van der Waals surface area contributed by atoms with Gasteiger partial charge in [0, 0.05) is 24.2 Å². The maximum atomic E-state index is 13.3. The molecule has 0 spiro atoms. The van der Waals surface area contributed by atoms with Gasteiger partial charge in [-0.05, 0) is 62.1 Å². The predicted octanol–water partition coefficient (Wildman–Crippen LogP) is 4.73. The Balaban J connectivity index is 1.84. The number of rotatable bonds is 8. The molecule has 0 N–H and O–H groups in total. The van der Waals surface area contributed by atoms with Crippen molar-refractivity contribution >= 4 is 17.6 Å². The minimum absolute atomic E-state index is 0.0600. The van der Waals surface area contributed by atoms with Crippen LogP contribution in [0.2, 0.25) is 0 Å². The summed E-state index contributed by atoms with van der Waals surface area (Å²) < 4.78 is 10.4. The molecule has 0 saturated carbocycles. The number of ether oxygens (including phenoxy) is 2. The Morgan fingerprint density at radius 1 is 1.10 bits per heavy atom. The van der Waals surface area contributed by atoms with E-state index in [9.17, 15) is 14.9 Å². The Morgan fingerprint density at radius 2 is 1.81 bits per heavy atom. The van der Waals surface area contributed by atoms with Gasteiger partial charge in [-0.25, -0.2) is 4.79 Å². The van der Waals surface area contributed by atoms with Crippen LogP contribution >= 0.6 is 0 Å². The van der Waals surface area contributed by atoms with Crippen molar-refractivity contribution in [3.05, 3.63) is 77.1 Å². The average Bonchev–Trinajstić information content (AvgIpc) is 3.22. The van der Waals surface area contributed by atoms with E-state index in [0.717, 1.165) is 18.6 Å². The molecular formula is C25H26N2O4. The summed E-state index contributed by atoms with van der Waals surface area (Å²) in [5.41, 5.74) is 2.38. The molecule has 1 amide bonds. The van der Waals surface area contributed by atoms with E-state index in [0.29, 0.717) is 42.0 Å². The molecule has 1 atom stereocenters. The number of hydrogen-bond donors (Lipinski definition) is 0. The molecule has 2 aromatic rings. The summed E-state index contributed by atoms with van der Waals surface area (Å²) in [4.78, 5) is 26.9. The maximum Gasteiger partial charge on any atom is 0.338 e. The number of carbonyl (C=O) groups is 2. The third kappa shape index (κ3) is 5.13. The molecule has 3 rings (SSSR count). The minimum atomic E-state index is -0.392. The summed E-state index contributed by atoms with van der Waals surface area (Å²) in [6.45, 7) is 2.51. The number of amides is 1. The fourth-order valence-corrected chi connectivity index (χ4v) is 3.83. The van der Waals surface area contributed by atoms with Crippen LogP contribution in [0.3, 0.4) is 0 Å². The van der Waals surface area contributed by atoms with E-state index in [4.69, 9.17) is 9.47 Å². The van der Waals surface area contributed by atoms with Gasteiger partial charge in [0.25, 0.3) is 5.91 Å². The Kier molecular flexibility index (Phi) is 7.45. The van der Waals surface area contributed by atoms with Gasteiger partial charge in [-0.2, -0.15) is 5.26 Å². The lowest BCUT2D eigenvalue weighted by Gasteiger charge is -2.25. The van der Waals surface area contributed by atoms with Crippen molar-refractivity contribution < 1.29 is 19.1 Å². The number of esters is 1. The lowest BCUT2D eigenvalue weighted by atomic mass is 9.98. The predicted molar refractivity (Wildman–Crippen MR) is 118 cm³/mol. The maximum absolute atomic E-state index is 13.3. The molecule has 0 fully saturated rings. The molecule has 0 saturated heterocycles. The van der Waals surface area contributed by atoms with Crippen LogP contribution in [0.4, 0.5) is 5.69 Å². The lowest BCUT2D eigenvalue weighted by Crippen LogP contribution is -2.33. The van der Waals surface area contributed by atoms with Gasteiger partial charge < -0.3 is 14.4 Å². The molecule has 0 bridgehead atoms. The van der Waals surface area contributed by atoms with Crippen LogP contribution in [-0.4, -0.2) is 32.1 Å². The van der Waals surface area contributed by atoms with E-state index in [1.165, 1.54) is 0 Å². The smallest absolute Gasteiger partial charge is 0.338 e. The van der Waals surface area contributed by atoms with Gasteiger partial charge in [0.05, 0.1) is 30.9 Å². The third-order valence-electron chi connectivity index (χ3n) is 5.45. The van der Waals surface area contributed by atoms with E-state index in [-0.39, 0.29) is 11.8 Å². The summed E-state index contributed by atoms with van der Waals surface area (Å²) >= 11 is 0. The summed E-state index contributed by atoms with van der Waals surface area (Å²) in [6, 6.07) is 18.2. The van der Waals surface area contributed by atoms with Gasteiger partial charge in [0.15, 0.2) is 0 Å². The fourth-order valence-electron chi connectivity index (χ4n) is 3.83. The summed E-state index contributed by atoms with van der Waals surface area (Å²) in [5.74, 6) is 0.283. The number of carbonyl (C=O) groups excluding carboxylic acids is 2. The Morgan fingerprint density at radius 3 is 2.42 bits per heavy atom. The number of methoxy groups -OCH3 is 1. The van der Waals surface area contributed by atoms with E-state index >= 15 is 0 Å². The highest BCUT2D eigenvalue weighted by molar-refractivity contribution is 6.06. The largest absolute Gasteiger partial charge is 0.500 e. The first-order chi connectivity index (χ1) is 15.1. The number of nitrogens with zero attached hydrogens (tertiary/aromatic N) is 2. The second-order valence-electron chi connectivity index (χ2n) is 7.27. The molecule has 1 unspecified atom stereocenters. The van der Waals surface area contributed by atoms with Crippen LogP contribution < -0.4 is 4.90 Å². The van der Waals surface area contributed by atoms with E-state index in [1.807, 2.05) is 18.2 Å². The molecule has 0 aromatic heterocycles. The highest BCUT2D eigenvalue weighted by atomic mass is 16.5. The first-order valence-corrected chi connectivity index (χ1v) is 10.4. The van der Waals surface area contributed by atoms with Gasteiger partial charge >= 0.3 is 5.97 Å². The molecule has 1 aliphatic carbocycles. The molecule has 0 heterocycles. The van der Waals surface area contributed by atoms with E-state index in [1.54, 1.807) is 55.3 Å². The van der Waals surface area contributed by atoms with Crippen molar-refractivity contribution in [2.75, 3.05) is 25.2 Å². The van der Waals surface area contributed by atoms with Crippen molar-refractivity contribution in [1.29, 1.82) is 5.26 Å². The highest BCUT2D eigenvalue weighted by Gasteiger charge is 2.28. The minimum Gasteiger partial charge on any atom is -0.500 e. The monoisotopic (exact) mass is 418 g/mol. The lowest BCUT2D eigenvalue weighted by molar-refractivity contribution is 0.0526. The second kappa shape index (κ2) is 10.4. The Hall–Kier alpha value is -3.59. The molecule has 0 aliphatic heterocycles. The van der Waals surface area contributed by atoms with Crippen molar-refractivity contribution in [3.63, 3.8) is 0 Å². The zero-order chi connectivity index (χ0) is 22.2. The average molecular weight is 418 g/mol. The zero-order valence-electron chi connectivity index (χ0n) is 17.8. The summed E-state index contributed by atoms with van der Waals surface area (Å²) in [6.07, 6.45) is 2.22. The number of anilines is 1. The van der Waals surface area contributed by atoms with Gasteiger partial charge in [-0.3, -0.25) is 4.79 Å². The molecule has 31 heavy (non-hydrogen) atoms. The topological polar surface area (TPSA) is 79.6 Å². The van der Waals surface area contributed by atoms with Crippen molar-refractivity contribution in [2.24, 2.45) is 5.92 Å². The molecular weight excluding hydrogens is 392 g/mol. The van der Waals surface area contributed by atoms with Crippen LogP contribution in [-0.2, 0) is 9.47 Å². The summed E-state index contributed by atoms with van der Waals surface area (Å²) in [7, 11) is 1.59. The number of nitriles is 1. The van der Waals surface area contributed by atoms with Gasteiger partial charge in [-0.15, -0.1) is 0 Å². The van der Waals surface area contributed by atoms with Gasteiger partial charge in [0.2, 0.25) is 0 Å². The molecule has 2 aromatic carbocycles. The first kappa shape index (κ1) is 22.1. The standard InChI is InChI=1S/C25H26N2O4/c1-3-31-25(29)20-9-12-21(13-10-20)27(24(28)19-7-5-4-6-8-19)16-15-18-11-14-23(30-2)22(18)17-26/h4-10,12-13,18H,3,11,14-16H2,1-2H3. The Bertz CT molecular complexity index is 990. The quantitative estimate of drug-likeness (QED) is 0.579. The van der Waals surface area contributed by atoms with Crippen LogP contribution in [0.5, 0.6) is 0 Å². The van der Waals surface area contributed by atoms with Crippen LogP contribution in [0, 0.1) is 17.2 Å². The third-order valence-corrected chi connectivity index (χ3v) is 5.45. The van der Waals surface area contributed by atoms with Crippen molar-refractivity contribution in [3.8, 4) is 6.07 Å². The highest BCUT2D eigenvalue weighted by Crippen LogP contribution is 2.34. The van der Waals surface area contributed by atoms with Crippen molar-refractivity contribution in [1.82, 2.24) is 0 Å². The van der Waals surface area contributed by atoms with E-state index in [2.05, 4.69) is 6.07 Å². The number of allylic oxidation sites excluding steroid dienone is 2. The van der Waals surface area contributed by atoms with Crippen molar-refractivity contribution in [2.45, 2.75) is 26.2 Å². The SMILES string of the molecule is CCOC(=O)c1ccc(N(CCC2CCC(OC)=C2C#N)C(=O)c2ccccc2)cc1. The van der Waals surface area contributed by atoms with Gasteiger partial charge in [-0.1, -0.05) is 18.2 Å². The molecule has 0 radical (unpaired) electrons. The zero-order valence-corrected chi connectivity index (χ0v) is 17.8. The number of hydrogen-bond acceptors (Lipinski definition) is 5. The normalized spacial score (nSPS) is 15.3. The van der Waals surface area contributed by atoms with Gasteiger partial charge in [0.1, 0.15) is 5.76 Å². The van der Waals surface area contributed by atoms with Crippen LogP contribution in [0.25, 0.3) is 0 Å². The number of benzene rings is 2. The Labute approximate surface area is 182 Å². The first-order valence-electron chi connectivity index (χ1n) is 10.4. The summed E-state index contributed by atoms with van der Waals surface area (Å²) in [5, 5.41) is 9.52. The molecule has 6 heteroatoms. The van der Waals surface area contributed by atoms with Crippen LogP contribution in [0.15, 0.2) is 65.9 Å². The van der Waals surface area contributed by atoms with Crippen LogP contribution in [0.1, 0.15) is 46.9 Å². The fraction of sp³-hybridized carbons (Fsp3) is 0.320. The van der Waals surface area contributed by atoms with E-state index < -0.39 is 5.97 Å².